The van der Waals surface area contributed by atoms with Crippen molar-refractivity contribution >= 4 is 22.6 Å². The van der Waals surface area contributed by atoms with Crippen molar-refractivity contribution in [3.63, 3.8) is 0 Å². The molecule has 4 nitrogen and oxygen atoms in total. The Hall–Kier alpha value is -2.10. The van der Waals surface area contributed by atoms with Crippen molar-refractivity contribution in [3.05, 3.63) is 35.9 Å². The number of nitrogens with one attached hydrogen (secondary N) is 2. The number of para-hydroxylation sites is 1. The fourth-order valence-corrected chi connectivity index (χ4v) is 1.95. The van der Waals surface area contributed by atoms with Crippen LogP contribution in [0, 0.1) is 0 Å². The van der Waals surface area contributed by atoms with Gasteiger partial charge in [-0.1, -0.05) is 25.1 Å². The summed E-state index contributed by atoms with van der Waals surface area (Å²) in [6.07, 6.45) is 0.876. The van der Waals surface area contributed by atoms with E-state index in [-0.39, 0.29) is 11.4 Å². The molecule has 0 atom stereocenters. The van der Waals surface area contributed by atoms with Crippen LogP contribution in [0.4, 0.5) is 5.82 Å². The number of aromatic nitrogens is 1. The van der Waals surface area contributed by atoms with Gasteiger partial charge in [0.2, 0.25) is 0 Å². The van der Waals surface area contributed by atoms with Gasteiger partial charge in [-0.3, -0.25) is 4.79 Å². The Morgan fingerprint density at radius 3 is 2.65 bits per heavy atom. The van der Waals surface area contributed by atoms with Crippen LogP contribution in [0.15, 0.2) is 30.3 Å². The maximum Gasteiger partial charge on any atom is 0.252 e. The minimum atomic E-state index is -0.221. The maximum atomic E-state index is 12.5. The second-order valence-electron chi connectivity index (χ2n) is 5.51. The summed E-state index contributed by atoms with van der Waals surface area (Å²) >= 11 is 0. The Bertz CT molecular complexity index is 635. The van der Waals surface area contributed by atoms with E-state index >= 15 is 0 Å². The number of nitrogens with zero attached hydrogens (tertiary/aromatic N) is 1. The smallest absolute Gasteiger partial charge is 0.252 e. The summed E-state index contributed by atoms with van der Waals surface area (Å²) in [4.78, 5) is 17.0. The minimum absolute atomic E-state index is 0.0630. The summed E-state index contributed by atoms with van der Waals surface area (Å²) in [7, 11) is 1.80. The second-order valence-corrected chi connectivity index (χ2v) is 5.51. The molecule has 1 aromatic carbocycles. The first kappa shape index (κ1) is 14.3. The summed E-state index contributed by atoms with van der Waals surface area (Å²) in [5.41, 5.74) is 1.25. The molecule has 1 amide bonds. The molecule has 0 unspecified atom stereocenters. The summed E-state index contributed by atoms with van der Waals surface area (Å²) in [5, 5.41) is 6.94. The normalized spacial score (nSPS) is 11.4. The number of hydrogen-bond acceptors (Lipinski definition) is 3. The van der Waals surface area contributed by atoms with Gasteiger partial charge in [0.05, 0.1) is 11.1 Å². The average Bonchev–Trinajstić information content (AvgIpc) is 2.45. The maximum absolute atomic E-state index is 12.5. The highest BCUT2D eigenvalue weighted by Crippen LogP contribution is 2.21. The first-order chi connectivity index (χ1) is 9.46. The van der Waals surface area contributed by atoms with Crippen LogP contribution in [0.25, 0.3) is 10.9 Å². The Morgan fingerprint density at radius 2 is 2.00 bits per heavy atom. The van der Waals surface area contributed by atoms with Gasteiger partial charge in [0.25, 0.3) is 5.91 Å². The number of pyridine rings is 1. The zero-order chi connectivity index (χ0) is 14.8. The number of benzene rings is 1. The van der Waals surface area contributed by atoms with Gasteiger partial charge in [0.1, 0.15) is 5.82 Å². The Morgan fingerprint density at radius 1 is 1.30 bits per heavy atom. The molecule has 2 N–H and O–H groups in total. The van der Waals surface area contributed by atoms with Crippen LogP contribution in [-0.4, -0.2) is 23.5 Å². The van der Waals surface area contributed by atoms with Gasteiger partial charge in [-0.05, 0) is 32.4 Å². The molecule has 0 aliphatic carbocycles. The number of rotatable bonds is 4. The topological polar surface area (TPSA) is 54.0 Å². The van der Waals surface area contributed by atoms with Crippen molar-refractivity contribution in [2.24, 2.45) is 0 Å². The predicted molar refractivity (Wildman–Crippen MR) is 83.1 cm³/mol. The molecule has 0 aliphatic heterocycles. The van der Waals surface area contributed by atoms with Gasteiger partial charge >= 0.3 is 0 Å². The highest BCUT2D eigenvalue weighted by atomic mass is 16.1. The Balaban J connectivity index is 2.49. The molecule has 0 bridgehead atoms. The van der Waals surface area contributed by atoms with Crippen LogP contribution in [0.1, 0.15) is 37.6 Å². The highest BCUT2D eigenvalue weighted by Gasteiger charge is 2.20. The number of carbonyl (C=O) groups is 1. The first-order valence-electron chi connectivity index (χ1n) is 6.87. The monoisotopic (exact) mass is 271 g/mol. The van der Waals surface area contributed by atoms with Crippen molar-refractivity contribution in [1.29, 1.82) is 0 Å². The van der Waals surface area contributed by atoms with E-state index in [4.69, 9.17) is 0 Å². The Kier molecular flexibility index (Phi) is 3.93. The van der Waals surface area contributed by atoms with Crippen molar-refractivity contribution in [1.82, 2.24) is 10.3 Å². The molecule has 0 saturated carbocycles. The molecule has 1 heterocycles. The molecule has 2 aromatic rings. The SMILES string of the molecule is CCC(C)(C)NC(=O)c1cc(NC)nc2ccccc12. The van der Waals surface area contributed by atoms with E-state index in [9.17, 15) is 4.79 Å². The lowest BCUT2D eigenvalue weighted by molar-refractivity contribution is 0.0913. The van der Waals surface area contributed by atoms with Gasteiger partial charge in [-0.2, -0.15) is 0 Å². The highest BCUT2D eigenvalue weighted by molar-refractivity contribution is 6.07. The Labute approximate surface area is 119 Å². The second kappa shape index (κ2) is 5.49. The van der Waals surface area contributed by atoms with Crippen LogP contribution in [-0.2, 0) is 0 Å². The molecular formula is C16H21N3O. The summed E-state index contributed by atoms with van der Waals surface area (Å²) in [6.45, 7) is 6.10. The number of carbonyl (C=O) groups excluding carboxylic acids is 1. The van der Waals surface area contributed by atoms with E-state index in [0.717, 1.165) is 17.3 Å². The lowest BCUT2D eigenvalue weighted by atomic mass is 10.0. The van der Waals surface area contributed by atoms with E-state index in [1.54, 1.807) is 13.1 Å². The number of anilines is 1. The van der Waals surface area contributed by atoms with E-state index in [0.29, 0.717) is 11.4 Å². The lowest BCUT2D eigenvalue weighted by Crippen LogP contribution is -2.42. The third kappa shape index (κ3) is 2.90. The molecule has 1 aromatic heterocycles. The van der Waals surface area contributed by atoms with Crippen molar-refractivity contribution in [3.8, 4) is 0 Å². The van der Waals surface area contributed by atoms with Crippen molar-refractivity contribution in [2.45, 2.75) is 32.7 Å². The van der Waals surface area contributed by atoms with Crippen LogP contribution >= 0.6 is 0 Å². The average molecular weight is 271 g/mol. The largest absolute Gasteiger partial charge is 0.373 e. The third-order valence-corrected chi connectivity index (χ3v) is 3.55. The predicted octanol–water partition coefficient (Wildman–Crippen LogP) is 3.19. The fourth-order valence-electron chi connectivity index (χ4n) is 1.95. The minimum Gasteiger partial charge on any atom is -0.373 e. The van der Waals surface area contributed by atoms with E-state index in [1.807, 2.05) is 38.1 Å². The van der Waals surface area contributed by atoms with Crippen LogP contribution < -0.4 is 10.6 Å². The van der Waals surface area contributed by atoms with Gasteiger partial charge in [-0.25, -0.2) is 4.98 Å². The molecule has 0 saturated heterocycles. The number of fused-ring (bicyclic) bond motifs is 1. The summed E-state index contributed by atoms with van der Waals surface area (Å²) in [6, 6.07) is 9.48. The summed E-state index contributed by atoms with van der Waals surface area (Å²) < 4.78 is 0. The molecule has 0 aliphatic rings. The molecule has 4 heteroatoms. The standard InChI is InChI=1S/C16H21N3O/c1-5-16(2,3)19-15(20)12-10-14(17-4)18-13-9-7-6-8-11(12)13/h6-10H,5H2,1-4H3,(H,17,18)(H,19,20). The molecule has 2 rings (SSSR count). The molecule has 0 spiro atoms. The number of hydrogen-bond donors (Lipinski definition) is 2. The van der Waals surface area contributed by atoms with Crippen LogP contribution in [0.2, 0.25) is 0 Å². The van der Waals surface area contributed by atoms with E-state index in [1.165, 1.54) is 0 Å². The van der Waals surface area contributed by atoms with Gasteiger partial charge in [0, 0.05) is 18.0 Å². The van der Waals surface area contributed by atoms with Gasteiger partial charge < -0.3 is 10.6 Å². The van der Waals surface area contributed by atoms with Crippen LogP contribution in [0.3, 0.4) is 0 Å². The molecule has 0 radical (unpaired) electrons. The van der Waals surface area contributed by atoms with Crippen molar-refractivity contribution < 1.29 is 4.79 Å². The van der Waals surface area contributed by atoms with Crippen molar-refractivity contribution in [2.75, 3.05) is 12.4 Å². The molecule has 106 valence electrons. The molecule has 0 fully saturated rings. The van der Waals surface area contributed by atoms with Crippen LogP contribution in [0.5, 0.6) is 0 Å². The van der Waals surface area contributed by atoms with E-state index in [2.05, 4.69) is 22.5 Å². The zero-order valence-corrected chi connectivity index (χ0v) is 12.4. The summed E-state index contributed by atoms with van der Waals surface area (Å²) in [5.74, 6) is 0.634. The van der Waals surface area contributed by atoms with Gasteiger partial charge in [0.15, 0.2) is 0 Å². The number of amides is 1. The first-order valence-corrected chi connectivity index (χ1v) is 6.87. The fraction of sp³-hybridized carbons (Fsp3) is 0.375. The molecular weight excluding hydrogens is 250 g/mol. The lowest BCUT2D eigenvalue weighted by Gasteiger charge is -2.25. The van der Waals surface area contributed by atoms with E-state index < -0.39 is 0 Å². The zero-order valence-electron chi connectivity index (χ0n) is 12.4. The van der Waals surface area contributed by atoms with Gasteiger partial charge in [-0.15, -0.1) is 0 Å². The molecule has 20 heavy (non-hydrogen) atoms. The third-order valence-electron chi connectivity index (χ3n) is 3.55. The quantitative estimate of drug-likeness (QED) is 0.898.